The van der Waals surface area contributed by atoms with Gasteiger partial charge < -0.3 is 14.6 Å². The Labute approximate surface area is 177 Å². The number of carboxylic acid groups (broad SMARTS) is 1. The Balaban J connectivity index is 1.72. The van der Waals surface area contributed by atoms with Crippen LogP contribution in [0.5, 0.6) is 11.5 Å². The summed E-state index contributed by atoms with van der Waals surface area (Å²) in [6.45, 7) is 2.90. The summed E-state index contributed by atoms with van der Waals surface area (Å²) < 4.78 is 12.3. The molecule has 3 aromatic rings. The number of aromatic carboxylic acids is 1. The Hall–Kier alpha value is -3.12. The van der Waals surface area contributed by atoms with Gasteiger partial charge in [-0.2, -0.15) is 0 Å². The molecule has 0 radical (unpaired) electrons. The number of hydrogen-bond donors (Lipinski definition) is 1. The molecular weight excluding hydrogens is 434 g/mol. The molecular formula is C23H20BrNO4. The highest BCUT2D eigenvalue weighted by Gasteiger charge is 2.06. The molecule has 3 aromatic carbocycles. The third kappa shape index (κ3) is 5.93. The van der Waals surface area contributed by atoms with Crippen molar-refractivity contribution in [2.75, 3.05) is 6.61 Å². The first-order chi connectivity index (χ1) is 14.0. The smallest absolute Gasteiger partial charge is 0.335 e. The number of halogens is 1. The number of aliphatic imine (C=N–C) groups is 1. The summed E-state index contributed by atoms with van der Waals surface area (Å²) in [5.41, 5.74) is 2.77. The van der Waals surface area contributed by atoms with Gasteiger partial charge in [-0.05, 0) is 67.1 Å². The van der Waals surface area contributed by atoms with Crippen molar-refractivity contribution in [3.63, 3.8) is 0 Å². The predicted molar refractivity (Wildman–Crippen MR) is 117 cm³/mol. The van der Waals surface area contributed by atoms with Crippen LogP contribution < -0.4 is 9.47 Å². The molecule has 0 heterocycles. The molecule has 0 amide bonds. The standard InChI is InChI=1S/C23H20BrNO4/c1-2-28-21-10-8-20(9-11-21)25-14-18-13-19(24)7-12-22(18)29-15-16-3-5-17(6-4-16)23(26)27/h3-14H,2,15H2,1H3,(H,26,27). The number of benzene rings is 3. The topological polar surface area (TPSA) is 68.1 Å². The van der Waals surface area contributed by atoms with E-state index in [1.54, 1.807) is 30.5 Å². The largest absolute Gasteiger partial charge is 0.494 e. The van der Waals surface area contributed by atoms with Gasteiger partial charge >= 0.3 is 5.97 Å². The fraction of sp³-hybridized carbons (Fsp3) is 0.130. The Morgan fingerprint density at radius 1 is 1.03 bits per heavy atom. The van der Waals surface area contributed by atoms with Crippen LogP contribution in [0, 0.1) is 0 Å². The Morgan fingerprint density at radius 3 is 2.41 bits per heavy atom. The van der Waals surface area contributed by atoms with E-state index in [-0.39, 0.29) is 5.56 Å². The molecule has 0 aliphatic carbocycles. The molecule has 0 saturated carbocycles. The first-order valence-electron chi connectivity index (χ1n) is 9.06. The van der Waals surface area contributed by atoms with Crippen LogP contribution in [0.4, 0.5) is 5.69 Å². The van der Waals surface area contributed by atoms with Crippen molar-refractivity contribution < 1.29 is 19.4 Å². The maximum absolute atomic E-state index is 11.0. The van der Waals surface area contributed by atoms with E-state index in [0.717, 1.165) is 27.0 Å². The van der Waals surface area contributed by atoms with Gasteiger partial charge in [0.2, 0.25) is 0 Å². The highest BCUT2D eigenvalue weighted by Crippen LogP contribution is 2.24. The second-order valence-electron chi connectivity index (χ2n) is 6.16. The van der Waals surface area contributed by atoms with Gasteiger partial charge in [-0.1, -0.05) is 28.1 Å². The molecule has 29 heavy (non-hydrogen) atoms. The minimum Gasteiger partial charge on any atom is -0.494 e. The van der Waals surface area contributed by atoms with Crippen molar-refractivity contribution >= 4 is 33.8 Å². The lowest BCUT2D eigenvalue weighted by atomic mass is 10.1. The second kappa shape index (κ2) is 9.89. The number of hydrogen-bond acceptors (Lipinski definition) is 4. The molecule has 6 heteroatoms. The molecule has 0 bridgehead atoms. The van der Waals surface area contributed by atoms with Gasteiger partial charge in [-0.25, -0.2) is 4.79 Å². The SMILES string of the molecule is CCOc1ccc(N=Cc2cc(Br)ccc2OCc2ccc(C(=O)O)cc2)cc1. The van der Waals surface area contributed by atoms with Crippen LogP contribution >= 0.6 is 15.9 Å². The monoisotopic (exact) mass is 453 g/mol. The average Bonchev–Trinajstić information content (AvgIpc) is 2.73. The van der Waals surface area contributed by atoms with Crippen molar-refractivity contribution in [1.82, 2.24) is 0 Å². The van der Waals surface area contributed by atoms with Gasteiger partial charge in [-0.3, -0.25) is 4.99 Å². The molecule has 0 saturated heterocycles. The van der Waals surface area contributed by atoms with Crippen molar-refractivity contribution in [2.24, 2.45) is 4.99 Å². The summed E-state index contributed by atoms with van der Waals surface area (Å²) in [6, 6.07) is 19.9. The van der Waals surface area contributed by atoms with Gasteiger partial charge in [0.1, 0.15) is 18.1 Å². The van der Waals surface area contributed by atoms with Crippen molar-refractivity contribution in [1.29, 1.82) is 0 Å². The summed E-state index contributed by atoms with van der Waals surface area (Å²) in [4.78, 5) is 15.5. The Morgan fingerprint density at radius 2 is 1.76 bits per heavy atom. The molecule has 0 aliphatic rings. The first kappa shape index (κ1) is 20.6. The molecule has 0 aromatic heterocycles. The fourth-order valence-corrected chi connectivity index (χ4v) is 2.97. The average molecular weight is 454 g/mol. The number of rotatable bonds is 8. The minimum atomic E-state index is -0.946. The van der Waals surface area contributed by atoms with E-state index in [9.17, 15) is 4.79 Å². The van der Waals surface area contributed by atoms with Gasteiger partial charge in [0.05, 0.1) is 17.9 Å². The molecule has 0 unspecified atom stereocenters. The summed E-state index contributed by atoms with van der Waals surface area (Å²) in [5, 5.41) is 8.98. The molecule has 3 rings (SSSR count). The molecule has 1 N–H and O–H groups in total. The summed E-state index contributed by atoms with van der Waals surface area (Å²) >= 11 is 3.48. The molecule has 0 atom stereocenters. The van der Waals surface area contributed by atoms with Crippen LogP contribution in [0.3, 0.4) is 0 Å². The van der Waals surface area contributed by atoms with Gasteiger partial charge in [0.25, 0.3) is 0 Å². The van der Waals surface area contributed by atoms with E-state index in [2.05, 4.69) is 20.9 Å². The molecule has 0 spiro atoms. The quantitative estimate of drug-likeness (QED) is 0.432. The summed E-state index contributed by atoms with van der Waals surface area (Å²) in [6.07, 6.45) is 1.75. The van der Waals surface area contributed by atoms with E-state index >= 15 is 0 Å². The van der Waals surface area contributed by atoms with Gasteiger partial charge in [0.15, 0.2) is 0 Å². The highest BCUT2D eigenvalue weighted by atomic mass is 79.9. The van der Waals surface area contributed by atoms with Crippen LogP contribution in [-0.4, -0.2) is 23.9 Å². The van der Waals surface area contributed by atoms with Crippen LogP contribution in [0.2, 0.25) is 0 Å². The Kier molecular flexibility index (Phi) is 7.03. The van der Waals surface area contributed by atoms with E-state index in [1.807, 2.05) is 49.4 Å². The lowest BCUT2D eigenvalue weighted by Gasteiger charge is -2.10. The maximum atomic E-state index is 11.0. The first-order valence-corrected chi connectivity index (χ1v) is 9.86. The zero-order chi connectivity index (χ0) is 20.6. The highest BCUT2D eigenvalue weighted by molar-refractivity contribution is 9.10. The molecule has 0 aliphatic heterocycles. The van der Waals surface area contributed by atoms with Crippen LogP contribution in [0.1, 0.15) is 28.4 Å². The van der Waals surface area contributed by atoms with Crippen LogP contribution in [-0.2, 0) is 6.61 Å². The van der Waals surface area contributed by atoms with Crippen LogP contribution in [0.15, 0.2) is 76.2 Å². The minimum absolute atomic E-state index is 0.251. The zero-order valence-corrected chi connectivity index (χ0v) is 17.4. The maximum Gasteiger partial charge on any atom is 0.335 e. The number of nitrogens with zero attached hydrogens (tertiary/aromatic N) is 1. The predicted octanol–water partition coefficient (Wildman–Crippen LogP) is 5.88. The molecule has 5 nitrogen and oxygen atoms in total. The van der Waals surface area contributed by atoms with Gasteiger partial charge in [-0.15, -0.1) is 0 Å². The zero-order valence-electron chi connectivity index (χ0n) is 15.8. The lowest BCUT2D eigenvalue weighted by Crippen LogP contribution is -2.00. The lowest BCUT2D eigenvalue weighted by molar-refractivity contribution is 0.0697. The third-order valence-corrected chi connectivity index (χ3v) is 4.56. The van der Waals surface area contributed by atoms with E-state index in [0.29, 0.717) is 19.0 Å². The number of ether oxygens (including phenoxy) is 2. The van der Waals surface area contributed by atoms with Crippen molar-refractivity contribution in [3.8, 4) is 11.5 Å². The number of carbonyl (C=O) groups is 1. The van der Waals surface area contributed by atoms with Crippen LogP contribution in [0.25, 0.3) is 0 Å². The van der Waals surface area contributed by atoms with E-state index in [4.69, 9.17) is 14.6 Å². The normalized spacial score (nSPS) is 10.8. The fourth-order valence-electron chi connectivity index (χ4n) is 2.60. The van der Waals surface area contributed by atoms with Crippen molar-refractivity contribution in [3.05, 3.63) is 87.9 Å². The van der Waals surface area contributed by atoms with Crippen molar-refractivity contribution in [2.45, 2.75) is 13.5 Å². The third-order valence-electron chi connectivity index (χ3n) is 4.07. The van der Waals surface area contributed by atoms with E-state index < -0.39 is 5.97 Å². The molecule has 148 valence electrons. The summed E-state index contributed by atoms with van der Waals surface area (Å²) in [7, 11) is 0. The molecule has 0 fully saturated rings. The second-order valence-corrected chi connectivity index (χ2v) is 7.07. The van der Waals surface area contributed by atoms with E-state index in [1.165, 1.54) is 0 Å². The van der Waals surface area contributed by atoms with Gasteiger partial charge in [0, 0.05) is 16.3 Å². The number of carboxylic acids is 1. The summed E-state index contributed by atoms with van der Waals surface area (Å²) in [5.74, 6) is 0.551. The Bertz CT molecular complexity index is 998.